The minimum atomic E-state index is -0.397. The van der Waals surface area contributed by atoms with E-state index < -0.39 is 6.04 Å². The van der Waals surface area contributed by atoms with E-state index in [2.05, 4.69) is 5.32 Å². The first-order valence-corrected chi connectivity index (χ1v) is 6.22. The van der Waals surface area contributed by atoms with Crippen LogP contribution in [0, 0.1) is 0 Å². The molecule has 2 aliphatic rings. The Kier molecular flexibility index (Phi) is 2.87. The highest BCUT2D eigenvalue weighted by Crippen LogP contribution is 2.33. The number of ether oxygens (including phenoxy) is 1. The van der Waals surface area contributed by atoms with E-state index in [1.807, 2.05) is 6.07 Å². The minimum absolute atomic E-state index is 0.193. The average molecular weight is 261 g/mol. The van der Waals surface area contributed by atoms with Crippen LogP contribution in [0.1, 0.15) is 0 Å². The van der Waals surface area contributed by atoms with Crippen LogP contribution < -0.4 is 15.0 Å². The number of methoxy groups -OCH3 is 1. The summed E-state index contributed by atoms with van der Waals surface area (Å²) in [6.07, 6.45) is 0. The predicted octanol–water partition coefficient (Wildman–Crippen LogP) is 0.436. The summed E-state index contributed by atoms with van der Waals surface area (Å²) in [6.45, 7) is 1.78. The fourth-order valence-corrected chi connectivity index (χ4v) is 2.56. The Morgan fingerprint density at radius 1 is 1.32 bits per heavy atom. The molecule has 0 radical (unpaired) electrons. The molecule has 0 aliphatic carbocycles. The number of imide groups is 1. The third kappa shape index (κ3) is 1.76. The van der Waals surface area contributed by atoms with Gasteiger partial charge in [0.2, 0.25) is 0 Å². The van der Waals surface area contributed by atoms with Gasteiger partial charge < -0.3 is 15.0 Å². The lowest BCUT2D eigenvalue weighted by Crippen LogP contribution is -2.51. The summed E-state index contributed by atoms with van der Waals surface area (Å²) in [5.74, 6) is 0.332. The zero-order chi connectivity index (χ0) is 13.4. The molecule has 1 N–H and O–H groups in total. The Labute approximate surface area is 110 Å². The summed E-state index contributed by atoms with van der Waals surface area (Å²) >= 11 is 0. The van der Waals surface area contributed by atoms with Crippen molar-refractivity contribution in [1.29, 1.82) is 0 Å². The Morgan fingerprint density at radius 2 is 2.11 bits per heavy atom. The number of piperazine rings is 1. The maximum absolute atomic E-state index is 12.4. The van der Waals surface area contributed by atoms with Crippen LogP contribution in [-0.4, -0.2) is 49.6 Å². The van der Waals surface area contributed by atoms with Crippen molar-refractivity contribution in [2.75, 3.05) is 31.6 Å². The molecule has 0 saturated carbocycles. The summed E-state index contributed by atoms with van der Waals surface area (Å²) in [5, 5.41) is 3.14. The number of rotatable bonds is 2. The van der Waals surface area contributed by atoms with Crippen LogP contribution >= 0.6 is 0 Å². The summed E-state index contributed by atoms with van der Waals surface area (Å²) in [5.41, 5.74) is 0.509. The minimum Gasteiger partial charge on any atom is -0.495 e. The number of fused-ring (bicyclic) bond motifs is 1. The lowest BCUT2D eigenvalue weighted by Gasteiger charge is -2.26. The van der Waals surface area contributed by atoms with Crippen LogP contribution in [0.25, 0.3) is 0 Å². The summed E-state index contributed by atoms with van der Waals surface area (Å²) < 4.78 is 5.23. The van der Waals surface area contributed by atoms with Gasteiger partial charge in [-0.25, -0.2) is 9.69 Å². The molecule has 1 aromatic carbocycles. The van der Waals surface area contributed by atoms with Crippen LogP contribution in [0.15, 0.2) is 24.3 Å². The SMILES string of the molecule is COc1ccccc1N1C(=O)C2CNCCN2C1=O. The van der Waals surface area contributed by atoms with Gasteiger partial charge in [-0.05, 0) is 12.1 Å². The Bertz CT molecular complexity index is 508. The normalized spacial score (nSPS) is 22.7. The average Bonchev–Trinajstić information content (AvgIpc) is 2.71. The second-order valence-corrected chi connectivity index (χ2v) is 4.54. The number of hydrogen-bond acceptors (Lipinski definition) is 4. The first kappa shape index (κ1) is 12.0. The molecule has 1 atom stereocenters. The van der Waals surface area contributed by atoms with Crippen molar-refractivity contribution in [1.82, 2.24) is 10.2 Å². The highest BCUT2D eigenvalue weighted by atomic mass is 16.5. The number of anilines is 1. The van der Waals surface area contributed by atoms with Crippen molar-refractivity contribution < 1.29 is 14.3 Å². The van der Waals surface area contributed by atoms with Crippen LogP contribution in [0.2, 0.25) is 0 Å². The molecule has 2 saturated heterocycles. The number of nitrogens with zero attached hydrogens (tertiary/aromatic N) is 2. The number of hydrogen-bond donors (Lipinski definition) is 1. The van der Waals surface area contributed by atoms with Crippen molar-refractivity contribution in [3.8, 4) is 5.75 Å². The fourth-order valence-electron chi connectivity index (χ4n) is 2.56. The zero-order valence-corrected chi connectivity index (χ0v) is 10.6. The van der Waals surface area contributed by atoms with Gasteiger partial charge in [-0.15, -0.1) is 0 Å². The van der Waals surface area contributed by atoms with Crippen LogP contribution in [-0.2, 0) is 4.79 Å². The topological polar surface area (TPSA) is 61.9 Å². The first-order valence-electron chi connectivity index (χ1n) is 6.22. The van der Waals surface area contributed by atoms with E-state index in [-0.39, 0.29) is 11.9 Å². The van der Waals surface area contributed by atoms with Crippen molar-refractivity contribution in [2.45, 2.75) is 6.04 Å². The molecule has 3 amide bonds. The molecule has 6 nitrogen and oxygen atoms in total. The molecule has 100 valence electrons. The van der Waals surface area contributed by atoms with Crippen molar-refractivity contribution in [3.05, 3.63) is 24.3 Å². The van der Waals surface area contributed by atoms with E-state index in [0.717, 1.165) is 6.54 Å². The second-order valence-electron chi connectivity index (χ2n) is 4.54. The largest absolute Gasteiger partial charge is 0.495 e. The van der Waals surface area contributed by atoms with E-state index >= 15 is 0 Å². The Hall–Kier alpha value is -2.08. The smallest absolute Gasteiger partial charge is 0.332 e. The van der Waals surface area contributed by atoms with Gasteiger partial charge in [0.05, 0.1) is 12.8 Å². The van der Waals surface area contributed by atoms with Gasteiger partial charge in [0.15, 0.2) is 0 Å². The van der Waals surface area contributed by atoms with Gasteiger partial charge in [0, 0.05) is 19.6 Å². The molecule has 0 bridgehead atoms. The number of carbonyl (C=O) groups excluding carboxylic acids is 2. The van der Waals surface area contributed by atoms with E-state index in [0.29, 0.717) is 24.5 Å². The zero-order valence-electron chi connectivity index (χ0n) is 10.6. The first-order chi connectivity index (χ1) is 9.24. The maximum Gasteiger partial charge on any atom is 0.332 e. The van der Waals surface area contributed by atoms with Gasteiger partial charge in [0.1, 0.15) is 11.8 Å². The molecule has 1 unspecified atom stereocenters. The summed E-state index contributed by atoms with van der Waals surface area (Å²) in [6, 6.07) is 6.40. The highest BCUT2D eigenvalue weighted by molar-refractivity contribution is 6.22. The van der Waals surface area contributed by atoms with Crippen LogP contribution in [0.5, 0.6) is 5.75 Å². The van der Waals surface area contributed by atoms with E-state index in [4.69, 9.17) is 4.74 Å². The summed E-state index contributed by atoms with van der Waals surface area (Å²) in [4.78, 5) is 27.6. The van der Waals surface area contributed by atoms with Crippen LogP contribution in [0.4, 0.5) is 10.5 Å². The number of amides is 3. The van der Waals surface area contributed by atoms with Gasteiger partial charge in [-0.2, -0.15) is 0 Å². The van der Waals surface area contributed by atoms with E-state index in [1.165, 1.54) is 12.0 Å². The molecule has 2 fully saturated rings. The summed E-state index contributed by atoms with van der Waals surface area (Å²) in [7, 11) is 1.53. The lowest BCUT2D eigenvalue weighted by molar-refractivity contribution is -0.120. The molecule has 1 aromatic rings. The van der Waals surface area contributed by atoms with Gasteiger partial charge in [-0.1, -0.05) is 12.1 Å². The van der Waals surface area contributed by atoms with Crippen molar-refractivity contribution in [3.63, 3.8) is 0 Å². The number of para-hydroxylation sites is 2. The van der Waals surface area contributed by atoms with Crippen molar-refractivity contribution >= 4 is 17.6 Å². The fraction of sp³-hybridized carbons (Fsp3) is 0.385. The predicted molar refractivity (Wildman–Crippen MR) is 69.2 cm³/mol. The Balaban J connectivity index is 2.00. The monoisotopic (exact) mass is 261 g/mol. The molecule has 2 heterocycles. The van der Waals surface area contributed by atoms with Gasteiger partial charge >= 0.3 is 6.03 Å². The number of carbonyl (C=O) groups is 2. The lowest BCUT2D eigenvalue weighted by atomic mass is 10.2. The number of benzene rings is 1. The quantitative estimate of drug-likeness (QED) is 0.785. The molecule has 0 aromatic heterocycles. The second kappa shape index (κ2) is 4.55. The number of urea groups is 1. The Morgan fingerprint density at radius 3 is 2.84 bits per heavy atom. The molecule has 6 heteroatoms. The molecule has 0 spiro atoms. The van der Waals surface area contributed by atoms with Crippen molar-refractivity contribution in [2.24, 2.45) is 0 Å². The maximum atomic E-state index is 12.4. The third-order valence-corrected chi connectivity index (χ3v) is 3.51. The van der Waals surface area contributed by atoms with Crippen LogP contribution in [0.3, 0.4) is 0 Å². The standard InChI is InChI=1S/C13H15N3O3/c1-19-11-5-3-2-4-9(11)16-12(17)10-8-14-6-7-15(10)13(16)18/h2-5,10,14H,6-8H2,1H3. The molecule has 2 aliphatic heterocycles. The van der Waals surface area contributed by atoms with Gasteiger partial charge in [-0.3, -0.25) is 4.79 Å². The van der Waals surface area contributed by atoms with E-state index in [9.17, 15) is 9.59 Å². The van der Waals surface area contributed by atoms with E-state index in [1.54, 1.807) is 23.1 Å². The highest BCUT2D eigenvalue weighted by Gasteiger charge is 2.47. The third-order valence-electron chi connectivity index (χ3n) is 3.51. The molecule has 3 rings (SSSR count). The molecule has 19 heavy (non-hydrogen) atoms. The number of nitrogens with one attached hydrogen (secondary N) is 1. The molecular formula is C13H15N3O3. The molecular weight excluding hydrogens is 246 g/mol. The van der Waals surface area contributed by atoms with Gasteiger partial charge in [0.25, 0.3) is 5.91 Å².